The quantitative estimate of drug-likeness (QED) is 0.442. The minimum atomic E-state index is 0. The van der Waals surface area contributed by atoms with Gasteiger partial charge in [0.05, 0.1) is 5.39 Å². The fourth-order valence-corrected chi connectivity index (χ4v) is 3.35. The van der Waals surface area contributed by atoms with Gasteiger partial charge in [0.1, 0.15) is 17.8 Å². The third-order valence-corrected chi connectivity index (χ3v) is 4.65. The number of halogens is 1. The lowest BCUT2D eigenvalue weighted by molar-refractivity contribution is 0.737. The molecule has 4 heterocycles. The summed E-state index contributed by atoms with van der Waals surface area (Å²) < 4.78 is 0. The molecule has 0 amide bonds. The van der Waals surface area contributed by atoms with Crippen LogP contribution in [0.1, 0.15) is 12.1 Å². The Morgan fingerprint density at radius 2 is 2.04 bits per heavy atom. The van der Waals surface area contributed by atoms with E-state index in [-0.39, 0.29) is 12.4 Å². The molecule has 0 bridgehead atoms. The lowest BCUT2D eigenvalue weighted by Crippen LogP contribution is -2.20. The minimum absolute atomic E-state index is 0. The molecule has 1 aliphatic heterocycles. The molecule has 0 spiro atoms. The molecule has 6 nitrogen and oxygen atoms in total. The van der Waals surface area contributed by atoms with Gasteiger partial charge in [-0.15, -0.1) is 12.4 Å². The van der Waals surface area contributed by atoms with E-state index in [0.29, 0.717) is 0 Å². The lowest BCUT2D eigenvalue weighted by atomic mass is 10.1. The van der Waals surface area contributed by atoms with Crippen LogP contribution in [0, 0.1) is 0 Å². The molecule has 4 N–H and O–H groups in total. The first-order chi connectivity index (χ1) is 12.4. The van der Waals surface area contributed by atoms with Gasteiger partial charge in [-0.3, -0.25) is 0 Å². The van der Waals surface area contributed by atoms with E-state index in [1.807, 2.05) is 6.20 Å². The number of rotatable bonds is 3. The van der Waals surface area contributed by atoms with Crippen LogP contribution in [0.3, 0.4) is 0 Å². The van der Waals surface area contributed by atoms with Gasteiger partial charge in [-0.1, -0.05) is 6.08 Å². The lowest BCUT2D eigenvalue weighted by Gasteiger charge is -2.12. The van der Waals surface area contributed by atoms with Crippen molar-refractivity contribution in [3.63, 3.8) is 0 Å². The Labute approximate surface area is 156 Å². The first-order valence-corrected chi connectivity index (χ1v) is 8.45. The third-order valence-electron chi connectivity index (χ3n) is 4.65. The Hall–Kier alpha value is -2.83. The molecule has 3 aromatic heterocycles. The fourth-order valence-electron chi connectivity index (χ4n) is 3.35. The summed E-state index contributed by atoms with van der Waals surface area (Å²) in [6, 6.07) is 10.4. The number of hydrogen-bond donors (Lipinski definition) is 4. The predicted molar refractivity (Wildman–Crippen MR) is 108 cm³/mol. The van der Waals surface area contributed by atoms with Crippen molar-refractivity contribution >= 4 is 51.4 Å². The number of nitrogens with one attached hydrogen (secondary N) is 4. The van der Waals surface area contributed by atoms with Crippen molar-refractivity contribution in [2.45, 2.75) is 6.42 Å². The molecular weight excluding hydrogens is 348 g/mol. The van der Waals surface area contributed by atoms with Crippen LogP contribution < -0.4 is 10.6 Å². The average Bonchev–Trinajstić information content (AvgIpc) is 3.29. The maximum absolute atomic E-state index is 4.45. The van der Waals surface area contributed by atoms with Crippen molar-refractivity contribution in [1.29, 1.82) is 0 Å². The summed E-state index contributed by atoms with van der Waals surface area (Å²) in [6.07, 6.45) is 6.79. The molecule has 1 aromatic carbocycles. The van der Waals surface area contributed by atoms with Gasteiger partial charge in [0.25, 0.3) is 0 Å². The number of anilines is 2. The molecular formula is C19H19ClN6. The van der Waals surface area contributed by atoms with Gasteiger partial charge in [0, 0.05) is 35.0 Å². The van der Waals surface area contributed by atoms with E-state index in [1.165, 1.54) is 11.0 Å². The van der Waals surface area contributed by atoms with E-state index < -0.39 is 0 Å². The van der Waals surface area contributed by atoms with Crippen molar-refractivity contribution in [3.8, 4) is 0 Å². The summed E-state index contributed by atoms with van der Waals surface area (Å²) in [7, 11) is 0. The molecule has 1 aliphatic rings. The van der Waals surface area contributed by atoms with Crippen LogP contribution in [0.5, 0.6) is 0 Å². The molecule has 4 aromatic rings. The maximum Gasteiger partial charge on any atom is 0.143 e. The second-order valence-corrected chi connectivity index (χ2v) is 6.26. The minimum Gasteiger partial charge on any atom is -0.361 e. The predicted octanol–water partition coefficient (Wildman–Crippen LogP) is 3.98. The topological polar surface area (TPSA) is 81.4 Å². The molecule has 0 radical (unpaired) electrons. The van der Waals surface area contributed by atoms with Crippen molar-refractivity contribution in [3.05, 3.63) is 54.6 Å². The number of hydrogen-bond acceptors (Lipinski definition) is 4. The molecule has 0 unspecified atom stereocenters. The van der Waals surface area contributed by atoms with Crippen LogP contribution in [-0.4, -0.2) is 33.0 Å². The highest BCUT2D eigenvalue weighted by molar-refractivity contribution is 5.93. The van der Waals surface area contributed by atoms with Crippen LogP contribution in [0.15, 0.2) is 48.9 Å². The van der Waals surface area contributed by atoms with Gasteiger partial charge in [-0.25, -0.2) is 9.97 Å². The molecule has 0 atom stereocenters. The van der Waals surface area contributed by atoms with Crippen molar-refractivity contribution in [1.82, 2.24) is 25.3 Å². The summed E-state index contributed by atoms with van der Waals surface area (Å²) in [5.41, 5.74) is 5.45. The average molecular weight is 367 g/mol. The summed E-state index contributed by atoms with van der Waals surface area (Å²) in [6.45, 7) is 1.92. The monoisotopic (exact) mass is 366 g/mol. The number of aromatic amines is 2. The Kier molecular flexibility index (Phi) is 4.36. The molecule has 0 aliphatic carbocycles. The number of benzene rings is 1. The number of H-pyrrole nitrogens is 2. The molecule has 26 heavy (non-hydrogen) atoms. The zero-order valence-electron chi connectivity index (χ0n) is 14.0. The van der Waals surface area contributed by atoms with Gasteiger partial charge < -0.3 is 20.6 Å². The molecule has 0 saturated heterocycles. The van der Waals surface area contributed by atoms with E-state index in [1.54, 1.807) is 6.33 Å². The maximum atomic E-state index is 4.45. The van der Waals surface area contributed by atoms with E-state index in [2.05, 4.69) is 67.0 Å². The van der Waals surface area contributed by atoms with Crippen LogP contribution >= 0.6 is 12.4 Å². The summed E-state index contributed by atoms with van der Waals surface area (Å²) in [5.74, 6) is 0.817. The van der Waals surface area contributed by atoms with E-state index in [9.17, 15) is 0 Å². The molecule has 7 heteroatoms. The van der Waals surface area contributed by atoms with Crippen LogP contribution in [0.2, 0.25) is 0 Å². The van der Waals surface area contributed by atoms with Gasteiger partial charge in [0.2, 0.25) is 0 Å². The Morgan fingerprint density at radius 1 is 1.08 bits per heavy atom. The van der Waals surface area contributed by atoms with E-state index in [4.69, 9.17) is 0 Å². The highest BCUT2D eigenvalue weighted by Crippen LogP contribution is 2.29. The smallest absolute Gasteiger partial charge is 0.143 e. The fraction of sp³-hybridized carbons (Fsp3) is 0.158. The van der Waals surface area contributed by atoms with Gasteiger partial charge in [-0.2, -0.15) is 0 Å². The Balaban J connectivity index is 0.00000168. The highest BCUT2D eigenvalue weighted by Gasteiger charge is 2.12. The highest BCUT2D eigenvalue weighted by atomic mass is 35.5. The summed E-state index contributed by atoms with van der Waals surface area (Å²) in [5, 5.41) is 8.95. The van der Waals surface area contributed by atoms with Gasteiger partial charge in [-0.05, 0) is 48.9 Å². The molecule has 0 saturated carbocycles. The standard InChI is InChI=1S/C19H18N6.ClH/c1-2-16-13(5-8-21-16)9-14(1)24-18-15-10-17(12-3-6-20-7-4-12)25-19(15)23-11-22-18;/h1-3,5,8-11,20-21H,4,6-7H2,(H2,22,23,24,25);1H. The molecule has 5 rings (SSSR count). The van der Waals surface area contributed by atoms with Crippen LogP contribution in [-0.2, 0) is 0 Å². The van der Waals surface area contributed by atoms with Crippen molar-refractivity contribution in [2.24, 2.45) is 0 Å². The second kappa shape index (κ2) is 6.82. The third kappa shape index (κ3) is 2.94. The molecule has 132 valence electrons. The van der Waals surface area contributed by atoms with E-state index >= 15 is 0 Å². The first kappa shape index (κ1) is 16.6. The van der Waals surface area contributed by atoms with Crippen LogP contribution in [0.4, 0.5) is 11.5 Å². The Bertz CT molecular complexity index is 1090. The van der Waals surface area contributed by atoms with Crippen molar-refractivity contribution < 1.29 is 0 Å². The normalized spacial score (nSPS) is 14.2. The summed E-state index contributed by atoms with van der Waals surface area (Å²) in [4.78, 5) is 15.5. The number of fused-ring (bicyclic) bond motifs is 2. The van der Waals surface area contributed by atoms with Gasteiger partial charge >= 0.3 is 0 Å². The number of nitrogens with zero attached hydrogens (tertiary/aromatic N) is 2. The zero-order valence-corrected chi connectivity index (χ0v) is 14.9. The zero-order chi connectivity index (χ0) is 16.6. The van der Waals surface area contributed by atoms with E-state index in [0.717, 1.165) is 53.3 Å². The summed E-state index contributed by atoms with van der Waals surface area (Å²) >= 11 is 0. The van der Waals surface area contributed by atoms with Gasteiger partial charge in [0.15, 0.2) is 0 Å². The first-order valence-electron chi connectivity index (χ1n) is 8.45. The number of aromatic nitrogens is 4. The Morgan fingerprint density at radius 3 is 2.92 bits per heavy atom. The molecule has 0 fully saturated rings. The second-order valence-electron chi connectivity index (χ2n) is 6.26. The van der Waals surface area contributed by atoms with Crippen LogP contribution in [0.25, 0.3) is 27.5 Å². The largest absolute Gasteiger partial charge is 0.361 e. The van der Waals surface area contributed by atoms with Crippen molar-refractivity contribution in [2.75, 3.05) is 18.4 Å². The SMILES string of the molecule is C1=C(c2cc3c(Nc4ccc5[nH]ccc5c4)ncnc3[nH]2)CCNC1.Cl.